The van der Waals surface area contributed by atoms with E-state index in [-0.39, 0.29) is 5.97 Å². The van der Waals surface area contributed by atoms with Crippen LogP contribution in [0.3, 0.4) is 0 Å². The van der Waals surface area contributed by atoms with Crippen LogP contribution in [0.2, 0.25) is 0 Å². The van der Waals surface area contributed by atoms with Crippen molar-refractivity contribution >= 4 is 5.97 Å². The van der Waals surface area contributed by atoms with Crippen LogP contribution in [-0.4, -0.2) is 44.2 Å². The van der Waals surface area contributed by atoms with E-state index >= 15 is 0 Å². The van der Waals surface area contributed by atoms with Crippen LogP contribution in [0.4, 0.5) is 0 Å². The monoisotopic (exact) mass is 160 g/mol. The number of carbonyl (C=O) groups excluding carboxylic acids is 1. The molecule has 0 heterocycles. The molecule has 0 aliphatic rings. The number of likely N-dealkylation sites (N-methyl/N-ethyl adjacent to an activating group) is 1. The standard InChI is InChI=1S/C7H16N2O2/c1-3-11-7(10)6-9(2)5-4-8/h3-6,8H2,1-2H3. The summed E-state index contributed by atoms with van der Waals surface area (Å²) in [5.74, 6) is -0.191. The molecule has 2 N–H and O–H groups in total. The normalized spacial score (nSPS) is 10.2. The Morgan fingerprint density at radius 3 is 2.73 bits per heavy atom. The maximum Gasteiger partial charge on any atom is 0.320 e. The highest BCUT2D eigenvalue weighted by atomic mass is 16.5. The van der Waals surface area contributed by atoms with E-state index < -0.39 is 0 Å². The molecule has 0 aromatic carbocycles. The maximum atomic E-state index is 10.8. The van der Waals surface area contributed by atoms with Crippen molar-refractivity contribution < 1.29 is 9.53 Å². The molecule has 0 bridgehead atoms. The number of hydrogen-bond donors (Lipinski definition) is 1. The van der Waals surface area contributed by atoms with E-state index in [1.165, 1.54) is 0 Å². The minimum absolute atomic E-state index is 0.191. The Balaban J connectivity index is 3.40. The molecule has 0 atom stereocenters. The van der Waals surface area contributed by atoms with Crippen molar-refractivity contribution in [2.24, 2.45) is 5.73 Å². The summed E-state index contributed by atoms with van der Waals surface area (Å²) in [6, 6.07) is 0. The second kappa shape index (κ2) is 6.12. The lowest BCUT2D eigenvalue weighted by molar-refractivity contribution is -0.144. The first-order valence-electron chi connectivity index (χ1n) is 3.75. The van der Waals surface area contributed by atoms with Gasteiger partial charge in [-0.05, 0) is 14.0 Å². The Bertz CT molecular complexity index is 117. The largest absolute Gasteiger partial charge is 0.465 e. The highest BCUT2D eigenvalue weighted by Gasteiger charge is 2.04. The molecule has 0 rings (SSSR count). The number of ether oxygens (including phenoxy) is 1. The average molecular weight is 160 g/mol. The molecule has 0 aliphatic carbocycles. The van der Waals surface area contributed by atoms with Gasteiger partial charge < -0.3 is 10.5 Å². The zero-order chi connectivity index (χ0) is 8.69. The molecule has 11 heavy (non-hydrogen) atoms. The maximum absolute atomic E-state index is 10.8. The molecule has 0 fully saturated rings. The molecule has 0 saturated carbocycles. The molecule has 0 spiro atoms. The zero-order valence-corrected chi connectivity index (χ0v) is 7.17. The van der Waals surface area contributed by atoms with Crippen LogP contribution in [0.15, 0.2) is 0 Å². The number of nitrogens with two attached hydrogens (primary N) is 1. The van der Waals surface area contributed by atoms with Gasteiger partial charge in [0.05, 0.1) is 13.2 Å². The van der Waals surface area contributed by atoms with E-state index in [0.29, 0.717) is 19.7 Å². The van der Waals surface area contributed by atoms with E-state index in [1.807, 2.05) is 11.9 Å². The second-order valence-electron chi connectivity index (χ2n) is 2.33. The lowest BCUT2D eigenvalue weighted by atomic mass is 10.5. The molecular weight excluding hydrogens is 144 g/mol. The molecule has 0 radical (unpaired) electrons. The number of hydrogen-bond acceptors (Lipinski definition) is 4. The van der Waals surface area contributed by atoms with E-state index in [1.54, 1.807) is 6.92 Å². The van der Waals surface area contributed by atoms with Gasteiger partial charge in [-0.2, -0.15) is 0 Å². The van der Waals surface area contributed by atoms with Crippen molar-refractivity contribution in [3.63, 3.8) is 0 Å². The van der Waals surface area contributed by atoms with Gasteiger partial charge in [0.15, 0.2) is 0 Å². The molecular formula is C7H16N2O2. The van der Waals surface area contributed by atoms with Crippen LogP contribution >= 0.6 is 0 Å². The number of esters is 1. The van der Waals surface area contributed by atoms with Gasteiger partial charge in [0, 0.05) is 13.1 Å². The number of nitrogens with zero attached hydrogens (tertiary/aromatic N) is 1. The van der Waals surface area contributed by atoms with Crippen molar-refractivity contribution in [2.75, 3.05) is 33.3 Å². The van der Waals surface area contributed by atoms with Gasteiger partial charge in [-0.25, -0.2) is 0 Å². The molecule has 4 nitrogen and oxygen atoms in total. The van der Waals surface area contributed by atoms with Gasteiger partial charge >= 0.3 is 5.97 Å². The van der Waals surface area contributed by atoms with E-state index in [4.69, 9.17) is 10.5 Å². The Morgan fingerprint density at radius 1 is 1.64 bits per heavy atom. The van der Waals surface area contributed by atoms with Gasteiger partial charge in [0.2, 0.25) is 0 Å². The predicted octanol–water partition coefficient (Wildman–Crippen LogP) is -0.560. The molecule has 0 saturated heterocycles. The minimum atomic E-state index is -0.191. The van der Waals surface area contributed by atoms with Crippen LogP contribution in [0.25, 0.3) is 0 Å². The van der Waals surface area contributed by atoms with Gasteiger partial charge in [-0.15, -0.1) is 0 Å². The third-order valence-corrected chi connectivity index (χ3v) is 1.22. The Morgan fingerprint density at radius 2 is 2.27 bits per heavy atom. The number of carbonyl (C=O) groups is 1. The summed E-state index contributed by atoms with van der Waals surface area (Å²) in [7, 11) is 1.84. The summed E-state index contributed by atoms with van der Waals surface area (Å²) >= 11 is 0. The topological polar surface area (TPSA) is 55.6 Å². The first-order valence-corrected chi connectivity index (χ1v) is 3.75. The number of rotatable bonds is 5. The van der Waals surface area contributed by atoms with Crippen LogP contribution in [-0.2, 0) is 9.53 Å². The fourth-order valence-corrected chi connectivity index (χ4v) is 0.726. The Labute approximate surface area is 67.3 Å². The average Bonchev–Trinajstić information content (AvgIpc) is 1.87. The third-order valence-electron chi connectivity index (χ3n) is 1.22. The zero-order valence-electron chi connectivity index (χ0n) is 7.17. The Hall–Kier alpha value is -0.610. The van der Waals surface area contributed by atoms with Crippen molar-refractivity contribution in [3.05, 3.63) is 0 Å². The minimum Gasteiger partial charge on any atom is -0.465 e. The fraction of sp³-hybridized carbons (Fsp3) is 0.857. The SMILES string of the molecule is CCOC(=O)CN(C)CCN. The van der Waals surface area contributed by atoms with Crippen molar-refractivity contribution in [1.29, 1.82) is 0 Å². The van der Waals surface area contributed by atoms with Gasteiger partial charge in [0.1, 0.15) is 0 Å². The van der Waals surface area contributed by atoms with Crippen molar-refractivity contribution in [1.82, 2.24) is 4.90 Å². The molecule has 0 unspecified atom stereocenters. The highest BCUT2D eigenvalue weighted by molar-refractivity contribution is 5.71. The summed E-state index contributed by atoms with van der Waals surface area (Å²) in [6.07, 6.45) is 0. The molecule has 0 aromatic rings. The van der Waals surface area contributed by atoms with Gasteiger partial charge in [-0.1, -0.05) is 0 Å². The quantitative estimate of drug-likeness (QED) is 0.548. The van der Waals surface area contributed by atoms with Gasteiger partial charge in [0.25, 0.3) is 0 Å². The van der Waals surface area contributed by atoms with Crippen molar-refractivity contribution in [3.8, 4) is 0 Å². The van der Waals surface area contributed by atoms with Crippen LogP contribution in [0.5, 0.6) is 0 Å². The van der Waals surface area contributed by atoms with E-state index in [2.05, 4.69) is 0 Å². The molecule has 0 aromatic heterocycles. The van der Waals surface area contributed by atoms with Crippen LogP contribution in [0.1, 0.15) is 6.92 Å². The first-order chi connectivity index (χ1) is 5.20. The van der Waals surface area contributed by atoms with Crippen LogP contribution in [0, 0.1) is 0 Å². The summed E-state index contributed by atoms with van der Waals surface area (Å²) < 4.78 is 4.74. The van der Waals surface area contributed by atoms with Crippen LogP contribution < -0.4 is 5.73 Å². The summed E-state index contributed by atoms with van der Waals surface area (Å²) in [5, 5.41) is 0. The second-order valence-corrected chi connectivity index (χ2v) is 2.33. The lowest BCUT2D eigenvalue weighted by Gasteiger charge is -2.13. The molecule has 66 valence electrons. The van der Waals surface area contributed by atoms with Crippen molar-refractivity contribution in [2.45, 2.75) is 6.92 Å². The fourth-order valence-electron chi connectivity index (χ4n) is 0.726. The molecule has 0 aliphatic heterocycles. The van der Waals surface area contributed by atoms with Gasteiger partial charge in [-0.3, -0.25) is 9.69 Å². The first kappa shape index (κ1) is 10.4. The molecule has 0 amide bonds. The summed E-state index contributed by atoms with van der Waals surface area (Å²) in [6.45, 7) is 3.84. The Kier molecular flexibility index (Phi) is 5.78. The van der Waals surface area contributed by atoms with E-state index in [9.17, 15) is 4.79 Å². The summed E-state index contributed by atoms with van der Waals surface area (Å²) in [4.78, 5) is 12.7. The third kappa shape index (κ3) is 5.82. The highest BCUT2D eigenvalue weighted by Crippen LogP contribution is 1.83. The predicted molar refractivity (Wildman–Crippen MR) is 43.2 cm³/mol. The smallest absolute Gasteiger partial charge is 0.320 e. The molecule has 4 heteroatoms. The van der Waals surface area contributed by atoms with E-state index in [0.717, 1.165) is 6.54 Å². The lowest BCUT2D eigenvalue weighted by Crippen LogP contribution is -2.31. The summed E-state index contributed by atoms with van der Waals surface area (Å²) in [5.41, 5.74) is 5.29.